The predicted molar refractivity (Wildman–Crippen MR) is 91.8 cm³/mol. The highest BCUT2D eigenvalue weighted by atomic mass is 79.9. The number of nitrogens with zero attached hydrogens (tertiary/aromatic N) is 2. The summed E-state index contributed by atoms with van der Waals surface area (Å²) >= 11 is 9.68. The minimum Gasteiger partial charge on any atom is -0.310 e. The Morgan fingerprint density at radius 2 is 2.19 bits per heavy atom. The number of benzene rings is 1. The van der Waals surface area contributed by atoms with E-state index >= 15 is 0 Å². The number of halogens is 2. The molecule has 0 spiro atoms. The average Bonchev–Trinajstić information content (AvgIpc) is 2.91. The third-order valence-electron chi connectivity index (χ3n) is 3.45. The Bertz CT molecular complexity index is 583. The molecule has 1 aromatic carbocycles. The lowest BCUT2D eigenvalue weighted by Crippen LogP contribution is -2.21. The summed E-state index contributed by atoms with van der Waals surface area (Å²) in [5.74, 6) is 0. The van der Waals surface area contributed by atoms with Gasteiger partial charge in [-0.25, -0.2) is 0 Å². The zero-order valence-corrected chi connectivity index (χ0v) is 14.8. The second-order valence-corrected chi connectivity index (χ2v) is 6.44. The highest BCUT2D eigenvalue weighted by Crippen LogP contribution is 2.23. The molecule has 0 bridgehead atoms. The normalized spacial score (nSPS) is 12.6. The standard InChI is InChI=1S/C16H21BrClN3/c1-3-7-19-16(4-2)13-9-20-21(11-13)10-12-5-6-14(17)8-15(12)18/h5-6,8-9,11,16,19H,3-4,7,10H2,1-2H3. The molecule has 21 heavy (non-hydrogen) atoms. The Labute approximate surface area is 139 Å². The number of rotatable bonds is 7. The van der Waals surface area contributed by atoms with Crippen LogP contribution in [-0.4, -0.2) is 16.3 Å². The van der Waals surface area contributed by atoms with E-state index < -0.39 is 0 Å². The van der Waals surface area contributed by atoms with Gasteiger partial charge in [0.2, 0.25) is 0 Å². The van der Waals surface area contributed by atoms with E-state index in [1.165, 1.54) is 5.56 Å². The Kier molecular flexibility index (Phi) is 6.27. The summed E-state index contributed by atoms with van der Waals surface area (Å²) in [6.45, 7) is 6.09. The monoisotopic (exact) mass is 369 g/mol. The van der Waals surface area contributed by atoms with Crippen LogP contribution in [0.2, 0.25) is 5.02 Å². The Balaban J connectivity index is 2.08. The first-order chi connectivity index (χ1) is 10.1. The van der Waals surface area contributed by atoms with Crippen LogP contribution in [0.3, 0.4) is 0 Å². The van der Waals surface area contributed by atoms with Crippen LogP contribution in [0.4, 0.5) is 0 Å². The van der Waals surface area contributed by atoms with Gasteiger partial charge in [-0.15, -0.1) is 0 Å². The lowest BCUT2D eigenvalue weighted by molar-refractivity contribution is 0.517. The van der Waals surface area contributed by atoms with E-state index in [2.05, 4.69) is 46.4 Å². The molecule has 5 heteroatoms. The van der Waals surface area contributed by atoms with Crippen LogP contribution in [0.25, 0.3) is 0 Å². The van der Waals surface area contributed by atoms with Crippen LogP contribution in [0.15, 0.2) is 35.1 Å². The van der Waals surface area contributed by atoms with Crippen molar-refractivity contribution in [3.63, 3.8) is 0 Å². The first-order valence-corrected chi connectivity index (χ1v) is 8.50. The number of aromatic nitrogens is 2. The summed E-state index contributed by atoms with van der Waals surface area (Å²) in [5, 5.41) is 8.77. The zero-order chi connectivity index (χ0) is 15.2. The third kappa shape index (κ3) is 4.56. The van der Waals surface area contributed by atoms with E-state index in [0.717, 1.165) is 34.4 Å². The fourth-order valence-electron chi connectivity index (χ4n) is 2.29. The molecule has 2 aromatic rings. The molecular weight excluding hydrogens is 350 g/mol. The molecule has 0 amide bonds. The zero-order valence-electron chi connectivity index (χ0n) is 12.4. The molecule has 1 N–H and O–H groups in total. The Morgan fingerprint density at radius 1 is 1.38 bits per heavy atom. The predicted octanol–water partition coefficient (Wildman–Crippen LogP) is 4.80. The molecule has 2 rings (SSSR count). The van der Waals surface area contributed by atoms with Crippen molar-refractivity contribution in [2.75, 3.05) is 6.54 Å². The number of nitrogens with one attached hydrogen (secondary N) is 1. The molecule has 0 aliphatic rings. The summed E-state index contributed by atoms with van der Waals surface area (Å²) < 4.78 is 2.94. The van der Waals surface area contributed by atoms with Gasteiger partial charge in [-0.05, 0) is 37.1 Å². The molecule has 1 heterocycles. The first-order valence-electron chi connectivity index (χ1n) is 7.33. The van der Waals surface area contributed by atoms with Crippen LogP contribution >= 0.6 is 27.5 Å². The Hall–Kier alpha value is -0.840. The first kappa shape index (κ1) is 16.5. The van der Waals surface area contributed by atoms with E-state index in [4.69, 9.17) is 11.6 Å². The second-order valence-electron chi connectivity index (χ2n) is 5.12. The third-order valence-corrected chi connectivity index (χ3v) is 4.30. The fraction of sp³-hybridized carbons (Fsp3) is 0.438. The summed E-state index contributed by atoms with van der Waals surface area (Å²) in [7, 11) is 0. The maximum atomic E-state index is 6.26. The van der Waals surface area contributed by atoms with Crippen LogP contribution < -0.4 is 5.32 Å². The number of hydrogen-bond acceptors (Lipinski definition) is 2. The van der Waals surface area contributed by atoms with E-state index in [0.29, 0.717) is 12.6 Å². The average molecular weight is 371 g/mol. The summed E-state index contributed by atoms with van der Waals surface area (Å²) in [6.07, 6.45) is 6.25. The van der Waals surface area contributed by atoms with Gasteiger partial charge in [-0.1, -0.05) is 47.4 Å². The molecule has 114 valence electrons. The lowest BCUT2D eigenvalue weighted by atomic mass is 10.1. The molecule has 1 unspecified atom stereocenters. The van der Waals surface area contributed by atoms with Crippen molar-refractivity contribution in [1.82, 2.24) is 15.1 Å². The van der Waals surface area contributed by atoms with Crippen molar-refractivity contribution in [1.29, 1.82) is 0 Å². The molecule has 1 aromatic heterocycles. The van der Waals surface area contributed by atoms with Gasteiger partial charge < -0.3 is 5.32 Å². The van der Waals surface area contributed by atoms with E-state index in [-0.39, 0.29) is 0 Å². The molecule has 1 atom stereocenters. The minimum absolute atomic E-state index is 0.374. The largest absolute Gasteiger partial charge is 0.310 e. The molecular formula is C16H21BrClN3. The molecule has 0 saturated carbocycles. The summed E-state index contributed by atoms with van der Waals surface area (Å²) in [4.78, 5) is 0. The molecule has 0 saturated heterocycles. The maximum Gasteiger partial charge on any atom is 0.0674 e. The van der Waals surface area contributed by atoms with Crippen LogP contribution in [0, 0.1) is 0 Å². The van der Waals surface area contributed by atoms with Gasteiger partial charge in [0.15, 0.2) is 0 Å². The maximum absolute atomic E-state index is 6.26. The number of hydrogen-bond donors (Lipinski definition) is 1. The van der Waals surface area contributed by atoms with Crippen molar-refractivity contribution >= 4 is 27.5 Å². The second kappa shape index (κ2) is 7.97. The van der Waals surface area contributed by atoms with E-state index in [1.54, 1.807) is 0 Å². The quantitative estimate of drug-likeness (QED) is 0.759. The van der Waals surface area contributed by atoms with E-state index in [9.17, 15) is 0 Å². The van der Waals surface area contributed by atoms with Crippen molar-refractivity contribution in [2.45, 2.75) is 39.3 Å². The highest BCUT2D eigenvalue weighted by molar-refractivity contribution is 9.10. The summed E-state index contributed by atoms with van der Waals surface area (Å²) in [6, 6.07) is 6.32. The molecule has 0 fully saturated rings. The van der Waals surface area contributed by atoms with Crippen molar-refractivity contribution in [2.24, 2.45) is 0 Å². The highest BCUT2D eigenvalue weighted by Gasteiger charge is 2.11. The van der Waals surface area contributed by atoms with E-state index in [1.807, 2.05) is 29.1 Å². The smallest absolute Gasteiger partial charge is 0.0674 e. The molecule has 0 radical (unpaired) electrons. The van der Waals surface area contributed by atoms with Gasteiger partial charge >= 0.3 is 0 Å². The topological polar surface area (TPSA) is 29.9 Å². The van der Waals surface area contributed by atoms with Crippen molar-refractivity contribution < 1.29 is 0 Å². The van der Waals surface area contributed by atoms with Gasteiger partial charge in [0.25, 0.3) is 0 Å². The Morgan fingerprint density at radius 3 is 2.86 bits per heavy atom. The summed E-state index contributed by atoms with van der Waals surface area (Å²) in [5.41, 5.74) is 2.31. The van der Waals surface area contributed by atoms with Crippen molar-refractivity contribution in [3.05, 3.63) is 51.2 Å². The van der Waals surface area contributed by atoms with Crippen molar-refractivity contribution in [3.8, 4) is 0 Å². The van der Waals surface area contributed by atoms with Gasteiger partial charge in [-0.2, -0.15) is 5.10 Å². The SMILES string of the molecule is CCCNC(CC)c1cnn(Cc2ccc(Br)cc2Cl)c1. The minimum atomic E-state index is 0.374. The van der Waals surface area contributed by atoms with Gasteiger partial charge in [0.1, 0.15) is 0 Å². The molecule has 0 aliphatic heterocycles. The van der Waals surface area contributed by atoms with Crippen LogP contribution in [0.1, 0.15) is 43.9 Å². The molecule has 0 aliphatic carbocycles. The fourth-order valence-corrected chi connectivity index (χ4v) is 3.02. The lowest BCUT2D eigenvalue weighted by Gasteiger charge is -2.14. The molecule has 3 nitrogen and oxygen atoms in total. The van der Waals surface area contributed by atoms with Gasteiger partial charge in [-0.3, -0.25) is 4.68 Å². The van der Waals surface area contributed by atoms with Crippen LogP contribution in [0.5, 0.6) is 0 Å². The van der Waals surface area contributed by atoms with Gasteiger partial charge in [0, 0.05) is 27.3 Å². The van der Waals surface area contributed by atoms with Gasteiger partial charge in [0.05, 0.1) is 12.7 Å². The van der Waals surface area contributed by atoms with Crippen LogP contribution in [-0.2, 0) is 6.54 Å².